The second kappa shape index (κ2) is 11.2. The van der Waals surface area contributed by atoms with E-state index in [-0.39, 0.29) is 5.97 Å². The molecule has 0 aliphatic heterocycles. The highest BCUT2D eigenvalue weighted by molar-refractivity contribution is 5.69. The third kappa shape index (κ3) is 7.56. The average molecular weight is 238 g/mol. The molecule has 1 aromatic rings. The molecule has 0 N–H and O–H groups in total. The third-order valence-electron chi connectivity index (χ3n) is 1.79. The lowest BCUT2D eigenvalue weighted by molar-refractivity contribution is -0.131. The number of carbonyl (C=O) groups is 1. The first-order chi connectivity index (χ1) is 8.11. The minimum atomic E-state index is -0.270. The summed E-state index contributed by atoms with van der Waals surface area (Å²) < 4.78 is 5.07. The number of hydrogen-bond donors (Lipinski definition) is 0. The van der Waals surface area contributed by atoms with E-state index in [0.29, 0.717) is 11.7 Å². The summed E-state index contributed by atoms with van der Waals surface area (Å²) in [5.74, 6) is 0.772. The lowest BCUT2D eigenvalue weighted by Gasteiger charge is -2.10. The minimum Gasteiger partial charge on any atom is -0.426 e. The normalized spacial score (nSPS) is 8.47. The van der Waals surface area contributed by atoms with Crippen LogP contribution >= 0.6 is 0 Å². The van der Waals surface area contributed by atoms with Gasteiger partial charge in [-0.25, -0.2) is 0 Å². The molecule has 0 heterocycles. The third-order valence-corrected chi connectivity index (χ3v) is 1.79. The lowest BCUT2D eigenvalue weighted by atomic mass is 10.0. The van der Waals surface area contributed by atoms with Crippen molar-refractivity contribution in [3.8, 4) is 5.75 Å². The van der Waals surface area contributed by atoms with Crippen molar-refractivity contribution < 1.29 is 9.53 Å². The van der Waals surface area contributed by atoms with Crippen LogP contribution in [-0.4, -0.2) is 5.97 Å². The molecule has 0 atom stereocenters. The highest BCUT2D eigenvalue weighted by atomic mass is 16.5. The number of ether oxygens (including phenoxy) is 1. The van der Waals surface area contributed by atoms with Gasteiger partial charge in [-0.2, -0.15) is 0 Å². The number of para-hydroxylation sites is 1. The molecule has 2 nitrogen and oxygen atoms in total. The summed E-state index contributed by atoms with van der Waals surface area (Å²) in [7, 11) is 0. The van der Waals surface area contributed by atoms with Gasteiger partial charge in [0.2, 0.25) is 0 Å². The van der Waals surface area contributed by atoms with Gasteiger partial charge in [-0.3, -0.25) is 4.79 Å². The van der Waals surface area contributed by atoms with Gasteiger partial charge in [0.15, 0.2) is 0 Å². The Morgan fingerprint density at radius 3 is 1.94 bits per heavy atom. The van der Waals surface area contributed by atoms with Gasteiger partial charge in [0.1, 0.15) is 5.75 Å². The number of hydrogen-bond acceptors (Lipinski definition) is 2. The molecule has 0 aliphatic rings. The second-order valence-corrected chi connectivity index (χ2v) is 3.29. The zero-order valence-electron chi connectivity index (χ0n) is 12.2. The van der Waals surface area contributed by atoms with Crippen molar-refractivity contribution in [1.82, 2.24) is 0 Å². The Labute approximate surface area is 106 Å². The van der Waals surface area contributed by atoms with Gasteiger partial charge < -0.3 is 4.74 Å². The smallest absolute Gasteiger partial charge is 0.308 e. The first-order valence-corrected chi connectivity index (χ1v) is 6.38. The Hall–Kier alpha value is -1.31. The minimum absolute atomic E-state index is 0.270. The molecular formula is C15H26O2. The fourth-order valence-corrected chi connectivity index (χ4v) is 1.21. The van der Waals surface area contributed by atoms with E-state index in [2.05, 4.69) is 13.8 Å². The van der Waals surface area contributed by atoms with Crippen molar-refractivity contribution >= 4 is 5.97 Å². The average Bonchev–Trinajstić information content (AvgIpc) is 2.34. The molecule has 17 heavy (non-hydrogen) atoms. The predicted octanol–water partition coefficient (Wildman–Crippen LogP) is 4.79. The molecule has 0 fully saturated rings. The van der Waals surface area contributed by atoms with Gasteiger partial charge in [0, 0.05) is 6.92 Å². The maximum Gasteiger partial charge on any atom is 0.308 e. The number of carbonyl (C=O) groups excluding carboxylic acids is 1. The first kappa shape index (κ1) is 18.1. The molecule has 0 saturated carbocycles. The quantitative estimate of drug-likeness (QED) is 0.547. The van der Waals surface area contributed by atoms with Crippen LogP contribution in [0, 0.1) is 0 Å². The molecule has 1 rings (SSSR count). The standard InChI is InChI=1S/C11H14O2.2C2H6/c1-8(2)10-6-4-5-7-11(10)13-9(3)12;2*1-2/h4-8H,1-3H3;2*1-2H3. The van der Waals surface area contributed by atoms with Crippen molar-refractivity contribution in [2.24, 2.45) is 0 Å². The highest BCUT2D eigenvalue weighted by Gasteiger charge is 2.07. The Bertz CT molecular complexity index is 304. The molecule has 0 saturated heterocycles. The number of benzene rings is 1. The molecule has 0 unspecified atom stereocenters. The summed E-state index contributed by atoms with van der Waals surface area (Å²) in [5, 5.41) is 0. The lowest BCUT2D eigenvalue weighted by Crippen LogP contribution is -2.04. The van der Waals surface area contributed by atoms with E-state index in [0.717, 1.165) is 5.56 Å². The van der Waals surface area contributed by atoms with Gasteiger partial charge in [0.05, 0.1) is 0 Å². The molecular weight excluding hydrogens is 212 g/mol. The zero-order valence-corrected chi connectivity index (χ0v) is 12.2. The monoisotopic (exact) mass is 238 g/mol. The maximum atomic E-state index is 10.8. The maximum absolute atomic E-state index is 10.8. The van der Waals surface area contributed by atoms with Crippen molar-refractivity contribution in [3.63, 3.8) is 0 Å². The van der Waals surface area contributed by atoms with Crippen LogP contribution in [0.25, 0.3) is 0 Å². The van der Waals surface area contributed by atoms with Crippen molar-refractivity contribution in [2.45, 2.75) is 54.4 Å². The van der Waals surface area contributed by atoms with Crippen LogP contribution < -0.4 is 4.74 Å². The van der Waals surface area contributed by atoms with E-state index in [1.165, 1.54) is 6.92 Å². The van der Waals surface area contributed by atoms with Crippen molar-refractivity contribution in [1.29, 1.82) is 0 Å². The molecule has 0 amide bonds. The zero-order chi connectivity index (χ0) is 13.8. The molecule has 0 radical (unpaired) electrons. The van der Waals surface area contributed by atoms with Gasteiger partial charge >= 0.3 is 5.97 Å². The van der Waals surface area contributed by atoms with Gasteiger partial charge in [-0.15, -0.1) is 0 Å². The molecule has 0 aromatic heterocycles. The summed E-state index contributed by atoms with van der Waals surface area (Å²) in [6.07, 6.45) is 0. The van der Waals surface area contributed by atoms with Crippen LogP contribution in [0.1, 0.15) is 59.9 Å². The number of rotatable bonds is 2. The molecule has 0 bridgehead atoms. The van der Waals surface area contributed by atoms with Crippen molar-refractivity contribution in [2.75, 3.05) is 0 Å². The van der Waals surface area contributed by atoms with Crippen LogP contribution in [0.5, 0.6) is 5.75 Å². The van der Waals surface area contributed by atoms with Crippen LogP contribution in [0.3, 0.4) is 0 Å². The van der Waals surface area contributed by atoms with Crippen LogP contribution in [-0.2, 0) is 4.79 Å². The summed E-state index contributed by atoms with van der Waals surface area (Å²) in [6, 6.07) is 7.60. The Morgan fingerprint density at radius 1 is 1.06 bits per heavy atom. The molecule has 0 aliphatic carbocycles. The summed E-state index contributed by atoms with van der Waals surface area (Å²) >= 11 is 0. The first-order valence-electron chi connectivity index (χ1n) is 6.38. The molecule has 98 valence electrons. The van der Waals surface area contributed by atoms with Gasteiger partial charge in [0.25, 0.3) is 0 Å². The van der Waals surface area contributed by atoms with E-state index in [9.17, 15) is 4.79 Å². The summed E-state index contributed by atoms with van der Waals surface area (Å²) in [5.41, 5.74) is 1.07. The Morgan fingerprint density at radius 2 is 1.53 bits per heavy atom. The second-order valence-electron chi connectivity index (χ2n) is 3.29. The molecule has 0 spiro atoms. The summed E-state index contributed by atoms with van der Waals surface area (Å²) in [4.78, 5) is 10.8. The summed E-state index contributed by atoms with van der Waals surface area (Å²) in [6.45, 7) is 13.6. The van der Waals surface area contributed by atoms with Crippen molar-refractivity contribution in [3.05, 3.63) is 29.8 Å². The Balaban J connectivity index is 0. The van der Waals surface area contributed by atoms with E-state index >= 15 is 0 Å². The van der Waals surface area contributed by atoms with Gasteiger partial charge in [-0.1, -0.05) is 59.7 Å². The molecule has 1 aromatic carbocycles. The van der Waals surface area contributed by atoms with E-state index in [4.69, 9.17) is 4.74 Å². The largest absolute Gasteiger partial charge is 0.426 e. The SMILES string of the molecule is CC.CC.CC(=O)Oc1ccccc1C(C)C. The predicted molar refractivity (Wildman–Crippen MR) is 74.5 cm³/mol. The highest BCUT2D eigenvalue weighted by Crippen LogP contribution is 2.25. The fourth-order valence-electron chi connectivity index (χ4n) is 1.21. The number of esters is 1. The van der Waals surface area contributed by atoms with E-state index in [1.807, 2.05) is 52.0 Å². The van der Waals surface area contributed by atoms with E-state index < -0.39 is 0 Å². The van der Waals surface area contributed by atoms with E-state index in [1.54, 1.807) is 0 Å². The van der Waals surface area contributed by atoms with Crippen LogP contribution in [0.2, 0.25) is 0 Å². The van der Waals surface area contributed by atoms with Gasteiger partial charge in [-0.05, 0) is 17.5 Å². The molecule has 2 heteroatoms. The van der Waals surface area contributed by atoms with Crippen LogP contribution in [0.4, 0.5) is 0 Å². The Kier molecular flexibility index (Phi) is 11.9. The fraction of sp³-hybridized carbons (Fsp3) is 0.533. The van der Waals surface area contributed by atoms with Crippen LogP contribution in [0.15, 0.2) is 24.3 Å². The topological polar surface area (TPSA) is 26.3 Å².